The summed E-state index contributed by atoms with van der Waals surface area (Å²) in [7, 11) is 0. The first-order valence-corrected chi connectivity index (χ1v) is 18.0. The molecule has 0 amide bonds. The molecule has 0 radical (unpaired) electrons. The molecule has 0 aliphatic heterocycles. The number of hydrogen-bond acceptors (Lipinski definition) is 1. The topological polar surface area (TPSA) is 0 Å². The predicted molar refractivity (Wildman–Crippen MR) is 111 cm³/mol. The van der Waals surface area contributed by atoms with Crippen molar-refractivity contribution in [3.8, 4) is 0 Å². The van der Waals surface area contributed by atoms with E-state index in [1.165, 1.54) is 43.4 Å². The molecule has 23 heavy (non-hydrogen) atoms. The van der Waals surface area contributed by atoms with Gasteiger partial charge in [-0.25, -0.2) is 0 Å². The Bertz CT molecular complexity index is 405. The van der Waals surface area contributed by atoms with Crippen molar-refractivity contribution in [2.45, 2.75) is 77.5 Å². The minimum absolute atomic E-state index is 1.16. The van der Waals surface area contributed by atoms with Gasteiger partial charge in [0.2, 0.25) is 0 Å². The van der Waals surface area contributed by atoms with Gasteiger partial charge in [-0.1, -0.05) is 0 Å². The molecule has 0 aliphatic carbocycles. The van der Waals surface area contributed by atoms with E-state index in [1.54, 1.807) is 16.9 Å². The molecule has 0 aliphatic rings. The van der Waals surface area contributed by atoms with E-state index in [-0.39, 0.29) is 0 Å². The van der Waals surface area contributed by atoms with Crippen LogP contribution in [0, 0.1) is 0 Å². The SMILES string of the molecule is C=[C](CSc1ccccc1)[Sn]([CH2]CCC)([CH2]CCC)[CH2]CCC. The summed E-state index contributed by atoms with van der Waals surface area (Å²) in [5.74, 6) is 1.16. The fourth-order valence-electron chi connectivity index (χ4n) is 3.29. The van der Waals surface area contributed by atoms with Gasteiger partial charge in [-0.15, -0.1) is 0 Å². The van der Waals surface area contributed by atoms with Crippen molar-refractivity contribution in [2.24, 2.45) is 0 Å². The van der Waals surface area contributed by atoms with Crippen molar-refractivity contribution in [3.05, 3.63) is 40.5 Å². The minimum atomic E-state index is -2.21. The fraction of sp³-hybridized carbons (Fsp3) is 0.619. The standard InChI is InChI=1S/C9H9S.3C4H9.Sn/c1-2-8-10-9-6-4-3-5-7-9;3*1-3-4-2;/h3-7H,1,8H2;3*1,3-4H2,2H3;. The van der Waals surface area contributed by atoms with E-state index in [0.29, 0.717) is 0 Å². The fourth-order valence-corrected chi connectivity index (χ4v) is 21.5. The summed E-state index contributed by atoms with van der Waals surface area (Å²) in [6.45, 7) is 11.7. The van der Waals surface area contributed by atoms with Crippen LogP contribution in [0.25, 0.3) is 0 Å². The van der Waals surface area contributed by atoms with Crippen LogP contribution in [0.2, 0.25) is 13.3 Å². The van der Waals surface area contributed by atoms with Gasteiger partial charge >= 0.3 is 154 Å². The second-order valence-corrected chi connectivity index (χ2v) is 21.5. The van der Waals surface area contributed by atoms with Crippen molar-refractivity contribution >= 4 is 30.1 Å². The second-order valence-electron chi connectivity index (χ2n) is 6.80. The van der Waals surface area contributed by atoms with Gasteiger partial charge in [0.05, 0.1) is 0 Å². The molecule has 1 aromatic carbocycles. The zero-order valence-corrected chi connectivity index (χ0v) is 19.2. The number of thioether (sulfide) groups is 1. The Morgan fingerprint density at radius 3 is 1.78 bits per heavy atom. The summed E-state index contributed by atoms with van der Waals surface area (Å²) in [6.07, 6.45) is 8.32. The maximum atomic E-state index is 4.67. The van der Waals surface area contributed by atoms with Crippen molar-refractivity contribution in [3.63, 3.8) is 0 Å². The molecule has 0 heterocycles. The van der Waals surface area contributed by atoms with Crippen LogP contribution in [0.4, 0.5) is 0 Å². The van der Waals surface area contributed by atoms with Gasteiger partial charge in [0.25, 0.3) is 0 Å². The van der Waals surface area contributed by atoms with Gasteiger partial charge in [0.15, 0.2) is 0 Å². The molecule has 2 heteroatoms. The Morgan fingerprint density at radius 2 is 1.35 bits per heavy atom. The Kier molecular flexibility index (Phi) is 11.5. The molecule has 0 nitrogen and oxygen atoms in total. The van der Waals surface area contributed by atoms with Crippen LogP contribution in [-0.4, -0.2) is 24.1 Å². The summed E-state index contributed by atoms with van der Waals surface area (Å²) in [5.41, 5.74) is 0. The van der Waals surface area contributed by atoms with Crippen molar-refractivity contribution in [1.29, 1.82) is 0 Å². The van der Waals surface area contributed by atoms with Crippen molar-refractivity contribution < 1.29 is 0 Å². The summed E-state index contributed by atoms with van der Waals surface area (Å²) in [5, 5.41) is 0. The van der Waals surface area contributed by atoms with Gasteiger partial charge < -0.3 is 0 Å². The van der Waals surface area contributed by atoms with E-state index >= 15 is 0 Å². The average molecular weight is 439 g/mol. The van der Waals surface area contributed by atoms with Crippen LogP contribution in [0.1, 0.15) is 59.3 Å². The van der Waals surface area contributed by atoms with Gasteiger partial charge in [0, 0.05) is 0 Å². The molecule has 130 valence electrons. The van der Waals surface area contributed by atoms with Gasteiger partial charge in [-0.2, -0.15) is 0 Å². The molecule has 0 aromatic heterocycles. The molecular weight excluding hydrogens is 403 g/mol. The third-order valence-electron chi connectivity index (χ3n) is 4.93. The van der Waals surface area contributed by atoms with Gasteiger partial charge in [-0.3, -0.25) is 0 Å². The summed E-state index contributed by atoms with van der Waals surface area (Å²) >= 11 is -0.198. The van der Waals surface area contributed by atoms with Gasteiger partial charge in [-0.05, 0) is 0 Å². The van der Waals surface area contributed by atoms with E-state index in [2.05, 4.69) is 57.7 Å². The van der Waals surface area contributed by atoms with Crippen molar-refractivity contribution in [1.82, 2.24) is 0 Å². The molecule has 0 bridgehead atoms. The summed E-state index contributed by atoms with van der Waals surface area (Å²) < 4.78 is 6.32. The second kappa shape index (κ2) is 12.5. The number of hydrogen-bond donors (Lipinski definition) is 0. The molecular formula is C21H36SSn. The van der Waals surface area contributed by atoms with Crippen LogP contribution in [0.15, 0.2) is 45.4 Å². The van der Waals surface area contributed by atoms with E-state index in [1.807, 2.05) is 11.8 Å². The normalized spacial score (nSPS) is 11.6. The predicted octanol–water partition coefficient (Wildman–Crippen LogP) is 7.72. The number of rotatable bonds is 13. The van der Waals surface area contributed by atoms with Crippen LogP contribution >= 0.6 is 11.8 Å². The Balaban J connectivity index is 2.78. The summed E-state index contributed by atoms with van der Waals surface area (Å²) in [6, 6.07) is 10.9. The van der Waals surface area contributed by atoms with Crippen LogP contribution < -0.4 is 0 Å². The number of unbranched alkanes of at least 4 members (excludes halogenated alkanes) is 3. The zero-order valence-electron chi connectivity index (χ0n) is 15.6. The molecule has 1 aromatic rings. The third kappa shape index (κ3) is 7.68. The maximum absolute atomic E-state index is 4.67. The van der Waals surface area contributed by atoms with Crippen LogP contribution in [-0.2, 0) is 0 Å². The zero-order chi connectivity index (χ0) is 17.0. The van der Waals surface area contributed by atoms with Crippen LogP contribution in [0.3, 0.4) is 0 Å². The average Bonchev–Trinajstić information content (AvgIpc) is 2.60. The Labute approximate surface area is 153 Å². The van der Waals surface area contributed by atoms with E-state index in [0.717, 1.165) is 5.75 Å². The molecule has 0 atom stereocenters. The third-order valence-corrected chi connectivity index (χ3v) is 22.8. The van der Waals surface area contributed by atoms with Crippen molar-refractivity contribution in [2.75, 3.05) is 5.75 Å². The quantitative estimate of drug-likeness (QED) is 0.224. The monoisotopic (exact) mass is 440 g/mol. The Morgan fingerprint density at radius 1 is 0.870 bits per heavy atom. The summed E-state index contributed by atoms with van der Waals surface area (Å²) in [4.78, 5) is 1.40. The first kappa shape index (κ1) is 21.2. The Hall–Kier alpha value is 0.109. The van der Waals surface area contributed by atoms with Crippen LogP contribution in [0.5, 0.6) is 0 Å². The molecule has 0 N–H and O–H groups in total. The first-order chi connectivity index (χ1) is 11.2. The van der Waals surface area contributed by atoms with E-state index < -0.39 is 18.4 Å². The molecule has 0 spiro atoms. The molecule has 0 unspecified atom stereocenters. The number of benzene rings is 1. The van der Waals surface area contributed by atoms with E-state index in [9.17, 15) is 0 Å². The molecule has 0 saturated heterocycles. The molecule has 0 saturated carbocycles. The first-order valence-electron chi connectivity index (χ1n) is 9.54. The van der Waals surface area contributed by atoms with E-state index in [4.69, 9.17) is 0 Å². The molecule has 0 fully saturated rings. The van der Waals surface area contributed by atoms with Gasteiger partial charge in [0.1, 0.15) is 0 Å². The molecule has 1 rings (SSSR count).